The van der Waals surface area contributed by atoms with Gasteiger partial charge in [0, 0.05) is 5.57 Å². The number of rotatable bonds is 4. The summed E-state index contributed by atoms with van der Waals surface area (Å²) < 4.78 is 46.9. The Balaban J connectivity index is 2.28. The fourth-order valence-electron chi connectivity index (χ4n) is 1.98. The molecule has 7 heteroatoms. The second-order valence-electron chi connectivity index (χ2n) is 4.86. The quantitative estimate of drug-likeness (QED) is 0.591. The third kappa shape index (κ3) is 5.22. The van der Waals surface area contributed by atoms with Crippen LogP contribution in [0.2, 0.25) is 0 Å². The third-order valence-corrected chi connectivity index (χ3v) is 3.10. The van der Waals surface area contributed by atoms with Crippen LogP contribution in [0.3, 0.4) is 0 Å². The molecule has 4 nitrogen and oxygen atoms in total. The topological polar surface area (TPSA) is 52.6 Å². The van der Waals surface area contributed by atoms with Gasteiger partial charge in [0.2, 0.25) is 0 Å². The molecule has 0 aliphatic heterocycles. The summed E-state index contributed by atoms with van der Waals surface area (Å²) in [5, 5.41) is 0. The molecule has 20 heavy (non-hydrogen) atoms. The average molecular weight is 294 g/mol. The lowest BCUT2D eigenvalue weighted by Crippen LogP contribution is -2.32. The number of halogens is 3. The smallest absolute Gasteiger partial charge is 0.391 e. The van der Waals surface area contributed by atoms with Gasteiger partial charge in [-0.1, -0.05) is 6.58 Å². The molecular formula is C13H17F3O4. The highest BCUT2D eigenvalue weighted by Crippen LogP contribution is 2.38. The first-order valence-electron chi connectivity index (χ1n) is 6.29. The molecule has 0 bridgehead atoms. The maximum atomic E-state index is 12.4. The van der Waals surface area contributed by atoms with Crippen LogP contribution in [0, 0.1) is 5.92 Å². The number of carbonyl (C=O) groups is 2. The monoisotopic (exact) mass is 294 g/mol. The second kappa shape index (κ2) is 6.76. The largest absolute Gasteiger partial charge is 0.460 e. The first kappa shape index (κ1) is 16.5. The van der Waals surface area contributed by atoms with Crippen molar-refractivity contribution >= 4 is 11.9 Å². The zero-order valence-corrected chi connectivity index (χ0v) is 11.2. The molecule has 1 aliphatic carbocycles. The molecule has 1 saturated carbocycles. The maximum Gasteiger partial charge on any atom is 0.391 e. The van der Waals surface area contributed by atoms with Gasteiger partial charge in [-0.15, -0.1) is 0 Å². The summed E-state index contributed by atoms with van der Waals surface area (Å²) in [5.74, 6) is -2.78. The lowest BCUT2D eigenvalue weighted by molar-refractivity contribution is -0.189. The summed E-state index contributed by atoms with van der Waals surface area (Å²) >= 11 is 0. The van der Waals surface area contributed by atoms with Crippen LogP contribution in [0.1, 0.15) is 32.6 Å². The van der Waals surface area contributed by atoms with Crippen molar-refractivity contribution in [1.82, 2.24) is 0 Å². The molecule has 0 radical (unpaired) electrons. The highest BCUT2D eigenvalue weighted by molar-refractivity contribution is 5.88. The molecule has 1 fully saturated rings. The Labute approximate surface area is 114 Å². The van der Waals surface area contributed by atoms with Crippen LogP contribution in [0.15, 0.2) is 12.2 Å². The van der Waals surface area contributed by atoms with Crippen LogP contribution in [-0.2, 0) is 19.1 Å². The molecule has 1 rings (SSSR count). The first-order chi connectivity index (χ1) is 9.20. The Kier molecular flexibility index (Phi) is 5.59. The Morgan fingerprint density at radius 2 is 1.75 bits per heavy atom. The Bertz CT molecular complexity index is 382. The molecule has 0 unspecified atom stereocenters. The Hall–Kier alpha value is -1.53. The maximum absolute atomic E-state index is 12.4. The molecule has 0 heterocycles. The molecule has 0 aromatic heterocycles. The van der Waals surface area contributed by atoms with E-state index in [0.29, 0.717) is 0 Å². The predicted molar refractivity (Wildman–Crippen MR) is 63.7 cm³/mol. The lowest BCUT2D eigenvalue weighted by atomic mass is 9.87. The molecule has 0 aromatic carbocycles. The minimum Gasteiger partial charge on any atom is -0.460 e. The van der Waals surface area contributed by atoms with Crippen LogP contribution in [0.4, 0.5) is 13.2 Å². The average Bonchev–Trinajstić information content (AvgIpc) is 2.35. The molecule has 0 N–H and O–H groups in total. The Morgan fingerprint density at radius 1 is 1.20 bits per heavy atom. The van der Waals surface area contributed by atoms with Gasteiger partial charge in [0.15, 0.2) is 6.61 Å². The van der Waals surface area contributed by atoms with Crippen LogP contribution in [-0.4, -0.2) is 30.8 Å². The van der Waals surface area contributed by atoms with Crippen LogP contribution < -0.4 is 0 Å². The second-order valence-corrected chi connectivity index (χ2v) is 4.86. The number of ether oxygens (including phenoxy) is 2. The van der Waals surface area contributed by atoms with Crippen molar-refractivity contribution in [2.24, 2.45) is 5.92 Å². The van der Waals surface area contributed by atoms with E-state index in [9.17, 15) is 22.8 Å². The highest BCUT2D eigenvalue weighted by Gasteiger charge is 2.42. The summed E-state index contributed by atoms with van der Waals surface area (Å²) in [6.45, 7) is 4.23. The van der Waals surface area contributed by atoms with Crippen molar-refractivity contribution in [2.75, 3.05) is 6.61 Å². The van der Waals surface area contributed by atoms with E-state index in [2.05, 4.69) is 11.3 Å². The molecule has 1 aliphatic rings. The highest BCUT2D eigenvalue weighted by atomic mass is 19.4. The van der Waals surface area contributed by atoms with Gasteiger partial charge in [0.25, 0.3) is 0 Å². The summed E-state index contributed by atoms with van der Waals surface area (Å²) in [6.07, 6.45) is -4.48. The first-order valence-corrected chi connectivity index (χ1v) is 6.29. The van der Waals surface area contributed by atoms with Crippen molar-refractivity contribution in [1.29, 1.82) is 0 Å². The number of carbonyl (C=O) groups excluding carboxylic acids is 2. The molecular weight excluding hydrogens is 277 g/mol. The van der Waals surface area contributed by atoms with E-state index in [1.807, 2.05) is 0 Å². The van der Waals surface area contributed by atoms with Gasteiger partial charge < -0.3 is 9.47 Å². The van der Waals surface area contributed by atoms with Crippen LogP contribution >= 0.6 is 0 Å². The fourth-order valence-corrected chi connectivity index (χ4v) is 1.98. The van der Waals surface area contributed by atoms with Crippen LogP contribution in [0.5, 0.6) is 0 Å². The van der Waals surface area contributed by atoms with Crippen molar-refractivity contribution in [3.05, 3.63) is 12.2 Å². The summed E-state index contributed by atoms with van der Waals surface area (Å²) in [6, 6.07) is 0. The van der Waals surface area contributed by atoms with Gasteiger partial charge in [0.1, 0.15) is 6.10 Å². The van der Waals surface area contributed by atoms with E-state index in [0.717, 1.165) is 0 Å². The van der Waals surface area contributed by atoms with Crippen molar-refractivity contribution < 1.29 is 32.2 Å². The van der Waals surface area contributed by atoms with Gasteiger partial charge in [-0.25, -0.2) is 9.59 Å². The molecule has 114 valence electrons. The van der Waals surface area contributed by atoms with Gasteiger partial charge in [-0.2, -0.15) is 13.2 Å². The van der Waals surface area contributed by atoms with Gasteiger partial charge in [-0.3, -0.25) is 0 Å². The van der Waals surface area contributed by atoms with Gasteiger partial charge in [-0.05, 0) is 32.6 Å². The number of alkyl halides is 3. The molecule has 0 saturated heterocycles. The number of hydrogen-bond donors (Lipinski definition) is 0. The Morgan fingerprint density at radius 3 is 2.20 bits per heavy atom. The predicted octanol–water partition coefficient (Wildman–Crippen LogP) is 2.77. The summed E-state index contributed by atoms with van der Waals surface area (Å²) in [5.41, 5.74) is 0.156. The van der Waals surface area contributed by atoms with Crippen molar-refractivity contribution in [2.45, 2.75) is 44.9 Å². The normalized spacial score (nSPS) is 23.0. The molecule has 0 aromatic rings. The van der Waals surface area contributed by atoms with E-state index < -0.39 is 36.7 Å². The third-order valence-electron chi connectivity index (χ3n) is 3.10. The zero-order chi connectivity index (χ0) is 15.3. The van der Waals surface area contributed by atoms with Crippen LogP contribution in [0.25, 0.3) is 0 Å². The van der Waals surface area contributed by atoms with E-state index in [-0.39, 0.29) is 31.3 Å². The minimum atomic E-state index is -4.19. The standard InChI is InChI=1S/C13H17F3O4/c1-8(2)12(18)19-7-11(17)20-10-5-3-9(4-6-10)13(14,15)16/h9-10H,1,3-7H2,2H3. The minimum absolute atomic E-state index is 0.0486. The molecule has 0 amide bonds. The molecule has 0 spiro atoms. The van der Waals surface area contributed by atoms with E-state index >= 15 is 0 Å². The lowest BCUT2D eigenvalue weighted by Gasteiger charge is -2.29. The SMILES string of the molecule is C=C(C)C(=O)OCC(=O)OC1CCC(C(F)(F)F)CC1. The number of esters is 2. The summed E-state index contributed by atoms with van der Waals surface area (Å²) in [7, 11) is 0. The molecule has 0 atom stereocenters. The van der Waals surface area contributed by atoms with E-state index in [1.165, 1.54) is 6.92 Å². The summed E-state index contributed by atoms with van der Waals surface area (Å²) in [4.78, 5) is 22.4. The van der Waals surface area contributed by atoms with Crippen molar-refractivity contribution in [3.63, 3.8) is 0 Å². The van der Waals surface area contributed by atoms with Gasteiger partial charge >= 0.3 is 18.1 Å². The zero-order valence-electron chi connectivity index (χ0n) is 11.2. The van der Waals surface area contributed by atoms with E-state index in [4.69, 9.17) is 4.74 Å². The van der Waals surface area contributed by atoms with E-state index in [1.54, 1.807) is 0 Å². The number of hydrogen-bond acceptors (Lipinski definition) is 4. The van der Waals surface area contributed by atoms with Gasteiger partial charge in [0.05, 0.1) is 5.92 Å². The fraction of sp³-hybridized carbons (Fsp3) is 0.692. The van der Waals surface area contributed by atoms with Crippen molar-refractivity contribution in [3.8, 4) is 0 Å².